The van der Waals surface area contributed by atoms with E-state index >= 15 is 0 Å². The van der Waals surface area contributed by atoms with Crippen molar-refractivity contribution in [1.82, 2.24) is 14.5 Å². The van der Waals surface area contributed by atoms with Crippen LogP contribution in [0.15, 0.2) is 59.7 Å². The SMILES string of the molecule is Cn1c(N2CCOC(C(=O)Nc3ccc(C(F)(F)F)cc3)C2)nc(-c2ccncc2)cc1=O. The van der Waals surface area contributed by atoms with Crippen LogP contribution in [0, 0.1) is 0 Å². The maximum absolute atomic E-state index is 12.7. The lowest BCUT2D eigenvalue weighted by Crippen LogP contribution is -2.49. The highest BCUT2D eigenvalue weighted by Crippen LogP contribution is 2.30. The summed E-state index contributed by atoms with van der Waals surface area (Å²) >= 11 is 0. The Hall–Kier alpha value is -3.73. The predicted octanol–water partition coefficient (Wildman–Crippen LogP) is 2.71. The largest absolute Gasteiger partial charge is 0.416 e. The smallest absolute Gasteiger partial charge is 0.365 e. The topological polar surface area (TPSA) is 89.3 Å². The number of halogens is 3. The number of carbonyl (C=O) groups is 1. The summed E-state index contributed by atoms with van der Waals surface area (Å²) in [5.41, 5.74) is 0.367. The average molecular weight is 459 g/mol. The van der Waals surface area contributed by atoms with E-state index in [-0.39, 0.29) is 24.4 Å². The minimum atomic E-state index is -4.46. The summed E-state index contributed by atoms with van der Waals surface area (Å²) in [6.45, 7) is 0.733. The number of morpholine rings is 1. The van der Waals surface area contributed by atoms with Crippen molar-refractivity contribution in [3.63, 3.8) is 0 Å². The highest BCUT2D eigenvalue weighted by Gasteiger charge is 2.31. The first kappa shape index (κ1) is 22.5. The van der Waals surface area contributed by atoms with Gasteiger partial charge in [0.25, 0.3) is 11.5 Å². The Morgan fingerprint density at radius 1 is 1.15 bits per heavy atom. The number of benzene rings is 1. The van der Waals surface area contributed by atoms with Gasteiger partial charge >= 0.3 is 6.18 Å². The maximum Gasteiger partial charge on any atom is 0.416 e. The Labute approximate surface area is 186 Å². The molecule has 1 aliphatic rings. The molecule has 4 rings (SSSR count). The highest BCUT2D eigenvalue weighted by atomic mass is 19.4. The van der Waals surface area contributed by atoms with Crippen molar-refractivity contribution >= 4 is 17.5 Å². The number of amides is 1. The monoisotopic (exact) mass is 459 g/mol. The molecule has 0 aliphatic carbocycles. The Bertz CT molecular complexity index is 1200. The quantitative estimate of drug-likeness (QED) is 0.646. The zero-order chi connectivity index (χ0) is 23.6. The number of ether oxygens (including phenoxy) is 1. The Morgan fingerprint density at radius 2 is 1.85 bits per heavy atom. The Morgan fingerprint density at radius 3 is 2.52 bits per heavy atom. The zero-order valence-corrected chi connectivity index (χ0v) is 17.5. The van der Waals surface area contributed by atoms with Crippen molar-refractivity contribution in [1.29, 1.82) is 0 Å². The number of hydrogen-bond donors (Lipinski definition) is 1. The molecule has 33 heavy (non-hydrogen) atoms. The van der Waals surface area contributed by atoms with Gasteiger partial charge in [0.2, 0.25) is 5.95 Å². The maximum atomic E-state index is 12.7. The van der Waals surface area contributed by atoms with E-state index in [9.17, 15) is 22.8 Å². The van der Waals surface area contributed by atoms with Crippen LogP contribution in [0.2, 0.25) is 0 Å². The van der Waals surface area contributed by atoms with Crippen LogP contribution < -0.4 is 15.8 Å². The molecule has 8 nitrogen and oxygen atoms in total. The van der Waals surface area contributed by atoms with Crippen LogP contribution in [-0.2, 0) is 22.8 Å². The van der Waals surface area contributed by atoms with Crippen molar-refractivity contribution in [2.24, 2.45) is 7.05 Å². The lowest BCUT2D eigenvalue weighted by atomic mass is 10.2. The summed E-state index contributed by atoms with van der Waals surface area (Å²) in [4.78, 5) is 35.5. The standard InChI is InChI=1S/C22H20F3N5O3/c1-29-19(31)12-17(14-6-8-26-9-7-14)28-21(29)30-10-11-33-18(13-30)20(32)27-16-4-2-15(3-5-16)22(23,24)25/h2-9,12,18H,10-11,13H2,1H3,(H,27,32). The molecule has 1 fully saturated rings. The zero-order valence-electron chi connectivity index (χ0n) is 17.5. The lowest BCUT2D eigenvalue weighted by Gasteiger charge is -2.33. The van der Waals surface area contributed by atoms with Gasteiger partial charge in [0.05, 0.1) is 24.4 Å². The van der Waals surface area contributed by atoms with Gasteiger partial charge in [-0.3, -0.25) is 19.1 Å². The molecular formula is C22H20F3N5O3. The number of nitrogens with one attached hydrogen (secondary N) is 1. The molecule has 2 aromatic heterocycles. The van der Waals surface area contributed by atoms with Gasteiger partial charge in [-0.1, -0.05) is 0 Å². The molecular weight excluding hydrogens is 439 g/mol. The molecule has 0 bridgehead atoms. The van der Waals surface area contributed by atoms with E-state index in [0.717, 1.165) is 17.7 Å². The number of carbonyl (C=O) groups excluding carboxylic acids is 1. The third kappa shape index (κ3) is 5.03. The highest BCUT2D eigenvalue weighted by molar-refractivity contribution is 5.94. The van der Waals surface area contributed by atoms with Crippen LogP contribution in [0.25, 0.3) is 11.3 Å². The molecule has 1 amide bonds. The van der Waals surface area contributed by atoms with Gasteiger partial charge in [-0.15, -0.1) is 0 Å². The molecule has 3 aromatic rings. The summed E-state index contributed by atoms with van der Waals surface area (Å²) < 4.78 is 45.1. The first-order chi connectivity index (χ1) is 15.7. The molecule has 3 heterocycles. The van der Waals surface area contributed by atoms with E-state index in [1.165, 1.54) is 22.8 Å². The second-order valence-electron chi connectivity index (χ2n) is 7.44. The molecule has 1 aliphatic heterocycles. The van der Waals surface area contributed by atoms with Gasteiger partial charge in [0, 0.05) is 43.3 Å². The van der Waals surface area contributed by atoms with Crippen LogP contribution >= 0.6 is 0 Å². The lowest BCUT2D eigenvalue weighted by molar-refractivity contribution is -0.137. The molecule has 0 spiro atoms. The molecule has 1 atom stereocenters. The Balaban J connectivity index is 1.51. The van der Waals surface area contributed by atoms with Crippen molar-refractivity contribution in [3.8, 4) is 11.3 Å². The predicted molar refractivity (Wildman–Crippen MR) is 115 cm³/mol. The summed E-state index contributed by atoms with van der Waals surface area (Å²) in [5.74, 6) is -0.125. The number of rotatable bonds is 4. The van der Waals surface area contributed by atoms with Crippen molar-refractivity contribution in [2.45, 2.75) is 12.3 Å². The molecule has 1 unspecified atom stereocenters. The molecule has 1 saturated heterocycles. The number of pyridine rings is 1. The number of anilines is 2. The van der Waals surface area contributed by atoms with E-state index in [4.69, 9.17) is 4.74 Å². The Kier molecular flexibility index (Phi) is 6.14. The van der Waals surface area contributed by atoms with Gasteiger partial charge in [0.1, 0.15) is 0 Å². The van der Waals surface area contributed by atoms with Gasteiger partial charge in [-0.25, -0.2) is 4.98 Å². The number of aromatic nitrogens is 3. The summed E-state index contributed by atoms with van der Waals surface area (Å²) in [7, 11) is 1.59. The molecule has 0 saturated carbocycles. The fourth-order valence-corrected chi connectivity index (χ4v) is 3.44. The molecule has 1 aromatic carbocycles. The van der Waals surface area contributed by atoms with Crippen LogP contribution in [-0.4, -0.2) is 46.2 Å². The van der Waals surface area contributed by atoms with Crippen LogP contribution in [0.3, 0.4) is 0 Å². The van der Waals surface area contributed by atoms with Crippen molar-refractivity contribution in [3.05, 3.63) is 70.8 Å². The van der Waals surface area contributed by atoms with Crippen LogP contribution in [0.4, 0.5) is 24.8 Å². The first-order valence-corrected chi connectivity index (χ1v) is 10.1. The second-order valence-corrected chi connectivity index (χ2v) is 7.44. The van der Waals surface area contributed by atoms with E-state index in [0.29, 0.717) is 18.2 Å². The third-order valence-corrected chi connectivity index (χ3v) is 5.21. The number of hydrogen-bond acceptors (Lipinski definition) is 6. The second kappa shape index (κ2) is 9.02. The van der Waals surface area contributed by atoms with Crippen molar-refractivity contribution in [2.75, 3.05) is 29.9 Å². The molecule has 172 valence electrons. The number of nitrogens with zero attached hydrogens (tertiary/aromatic N) is 4. The van der Waals surface area contributed by atoms with E-state index in [2.05, 4.69) is 15.3 Å². The summed E-state index contributed by atoms with van der Waals surface area (Å²) in [6, 6.07) is 9.07. The molecule has 0 radical (unpaired) electrons. The minimum Gasteiger partial charge on any atom is -0.365 e. The first-order valence-electron chi connectivity index (χ1n) is 10.1. The molecule has 1 N–H and O–H groups in total. The van der Waals surface area contributed by atoms with Crippen LogP contribution in [0.1, 0.15) is 5.56 Å². The fraction of sp³-hybridized carbons (Fsp3) is 0.273. The number of alkyl halides is 3. The molecule has 11 heteroatoms. The summed E-state index contributed by atoms with van der Waals surface area (Å²) in [6.07, 6.45) is -2.15. The van der Waals surface area contributed by atoms with Gasteiger partial charge in [-0.05, 0) is 36.4 Å². The van der Waals surface area contributed by atoms with Gasteiger partial charge < -0.3 is 15.0 Å². The third-order valence-electron chi connectivity index (χ3n) is 5.21. The minimum absolute atomic E-state index is 0.118. The van der Waals surface area contributed by atoms with Crippen molar-refractivity contribution < 1.29 is 22.7 Å². The van der Waals surface area contributed by atoms with E-state index in [1.54, 1.807) is 36.5 Å². The van der Waals surface area contributed by atoms with Crippen LogP contribution in [0.5, 0.6) is 0 Å². The van der Waals surface area contributed by atoms with E-state index < -0.39 is 23.8 Å². The normalized spacial score (nSPS) is 16.5. The fourth-order valence-electron chi connectivity index (χ4n) is 3.44. The van der Waals surface area contributed by atoms with Gasteiger partial charge in [0.15, 0.2) is 6.10 Å². The van der Waals surface area contributed by atoms with E-state index in [1.807, 2.05) is 0 Å². The summed E-state index contributed by atoms with van der Waals surface area (Å²) in [5, 5.41) is 2.57. The van der Waals surface area contributed by atoms with Gasteiger partial charge in [-0.2, -0.15) is 13.2 Å². The average Bonchev–Trinajstić information content (AvgIpc) is 2.81.